The fourth-order valence-corrected chi connectivity index (χ4v) is 2.53. The number of ether oxygens (including phenoxy) is 1. The highest BCUT2D eigenvalue weighted by Gasteiger charge is 2.45. The Morgan fingerprint density at radius 3 is 2.60 bits per heavy atom. The molecular weight excluding hydrogens is 254 g/mol. The first kappa shape index (κ1) is 12.5. The van der Waals surface area contributed by atoms with Gasteiger partial charge in [0.25, 0.3) is 0 Å². The number of esters is 1. The third-order valence-corrected chi connectivity index (χ3v) is 3.69. The lowest BCUT2D eigenvalue weighted by atomic mass is 9.85. The fraction of sp³-hybridized carbons (Fsp3) is 0.188. The predicted molar refractivity (Wildman–Crippen MR) is 75.8 cm³/mol. The van der Waals surface area contributed by atoms with Gasteiger partial charge in [-0.1, -0.05) is 43.3 Å². The summed E-state index contributed by atoms with van der Waals surface area (Å²) in [7, 11) is 0. The lowest BCUT2D eigenvalue weighted by Crippen LogP contribution is -2.48. The van der Waals surface area contributed by atoms with Crippen LogP contribution in [0, 0.1) is 0 Å². The van der Waals surface area contributed by atoms with Crippen molar-refractivity contribution in [3.05, 3.63) is 54.1 Å². The molecule has 1 aliphatic heterocycles. The van der Waals surface area contributed by atoms with Gasteiger partial charge in [0.15, 0.2) is 11.3 Å². The first-order valence-electron chi connectivity index (χ1n) is 6.55. The van der Waals surface area contributed by atoms with E-state index in [1.165, 1.54) is 0 Å². The maximum absolute atomic E-state index is 12.5. The second kappa shape index (κ2) is 4.56. The number of phenolic OH excluding ortho intramolecular Hbond substituents is 1. The topological polar surface area (TPSA) is 58.6 Å². The number of carbonyl (C=O) groups is 1. The number of hydrogen-bond donors (Lipinski definition) is 2. The SMILES string of the molecule is CCC1(c2ccccc2)Nc2c(O)cccc2OC1=O. The highest BCUT2D eigenvalue weighted by molar-refractivity contribution is 5.93. The number of fused-ring (bicyclic) bond motifs is 1. The molecule has 1 aliphatic rings. The van der Waals surface area contributed by atoms with Gasteiger partial charge < -0.3 is 15.2 Å². The van der Waals surface area contributed by atoms with Crippen molar-refractivity contribution in [3.63, 3.8) is 0 Å². The molecule has 0 bridgehead atoms. The summed E-state index contributed by atoms with van der Waals surface area (Å²) in [4.78, 5) is 12.5. The number of benzene rings is 2. The van der Waals surface area contributed by atoms with Crippen LogP contribution in [-0.2, 0) is 10.3 Å². The van der Waals surface area contributed by atoms with Crippen molar-refractivity contribution in [1.29, 1.82) is 0 Å². The van der Waals surface area contributed by atoms with Crippen molar-refractivity contribution in [2.75, 3.05) is 5.32 Å². The van der Waals surface area contributed by atoms with Gasteiger partial charge in [0.2, 0.25) is 0 Å². The molecule has 1 heterocycles. The third kappa shape index (κ3) is 1.72. The maximum Gasteiger partial charge on any atom is 0.341 e. The van der Waals surface area contributed by atoms with E-state index in [4.69, 9.17) is 4.74 Å². The minimum absolute atomic E-state index is 0.0729. The number of nitrogens with one attached hydrogen (secondary N) is 1. The number of carbonyl (C=O) groups excluding carboxylic acids is 1. The van der Waals surface area contributed by atoms with Crippen LogP contribution in [0.25, 0.3) is 0 Å². The van der Waals surface area contributed by atoms with E-state index in [1.54, 1.807) is 18.2 Å². The highest BCUT2D eigenvalue weighted by atomic mass is 16.5. The van der Waals surface area contributed by atoms with Crippen LogP contribution in [0.2, 0.25) is 0 Å². The van der Waals surface area contributed by atoms with Gasteiger partial charge in [0, 0.05) is 0 Å². The smallest absolute Gasteiger partial charge is 0.341 e. The molecule has 3 rings (SSSR count). The minimum Gasteiger partial charge on any atom is -0.506 e. The van der Waals surface area contributed by atoms with Gasteiger partial charge in [-0.25, -0.2) is 4.79 Å². The van der Waals surface area contributed by atoms with E-state index < -0.39 is 5.54 Å². The van der Waals surface area contributed by atoms with E-state index in [2.05, 4.69) is 5.32 Å². The Morgan fingerprint density at radius 1 is 1.15 bits per heavy atom. The molecular formula is C16H15NO3. The average molecular weight is 269 g/mol. The van der Waals surface area contributed by atoms with Crippen LogP contribution < -0.4 is 10.1 Å². The molecule has 0 saturated carbocycles. The van der Waals surface area contributed by atoms with Gasteiger partial charge >= 0.3 is 5.97 Å². The molecule has 2 aromatic rings. The minimum atomic E-state index is -0.965. The van der Waals surface area contributed by atoms with Gasteiger partial charge in [-0.2, -0.15) is 0 Å². The summed E-state index contributed by atoms with van der Waals surface area (Å²) in [6, 6.07) is 14.3. The van der Waals surface area contributed by atoms with E-state index in [0.29, 0.717) is 17.9 Å². The zero-order valence-electron chi connectivity index (χ0n) is 11.1. The Balaban J connectivity index is 2.14. The van der Waals surface area contributed by atoms with Gasteiger partial charge in [0.1, 0.15) is 11.4 Å². The largest absolute Gasteiger partial charge is 0.506 e. The Bertz CT molecular complexity index is 654. The number of phenols is 1. The Hall–Kier alpha value is -2.49. The van der Waals surface area contributed by atoms with Crippen LogP contribution in [0.4, 0.5) is 5.69 Å². The fourth-order valence-electron chi connectivity index (χ4n) is 2.53. The molecule has 0 saturated heterocycles. The molecule has 2 aromatic carbocycles. The number of aromatic hydroxyl groups is 1. The number of hydrogen-bond acceptors (Lipinski definition) is 4. The van der Waals surface area contributed by atoms with Crippen LogP contribution in [0.5, 0.6) is 11.5 Å². The van der Waals surface area contributed by atoms with E-state index in [9.17, 15) is 9.90 Å². The molecule has 0 radical (unpaired) electrons. The van der Waals surface area contributed by atoms with Crippen molar-refractivity contribution in [2.24, 2.45) is 0 Å². The number of rotatable bonds is 2. The van der Waals surface area contributed by atoms with Crippen LogP contribution in [0.3, 0.4) is 0 Å². The van der Waals surface area contributed by atoms with Crippen molar-refractivity contribution < 1.29 is 14.6 Å². The van der Waals surface area contributed by atoms with Crippen molar-refractivity contribution in [3.8, 4) is 11.5 Å². The van der Waals surface area contributed by atoms with E-state index in [-0.39, 0.29) is 11.7 Å². The summed E-state index contributed by atoms with van der Waals surface area (Å²) in [5.74, 6) is 0.0723. The van der Waals surface area contributed by atoms with Crippen LogP contribution in [-0.4, -0.2) is 11.1 Å². The van der Waals surface area contributed by atoms with Gasteiger partial charge in [-0.05, 0) is 24.1 Å². The summed E-state index contributed by atoms with van der Waals surface area (Å²) in [5.41, 5.74) is 0.312. The molecule has 4 heteroatoms. The Morgan fingerprint density at radius 2 is 1.90 bits per heavy atom. The first-order chi connectivity index (χ1) is 9.67. The Labute approximate surface area is 117 Å². The quantitative estimate of drug-likeness (QED) is 0.500. The predicted octanol–water partition coefficient (Wildman–Crippen LogP) is 3.03. The van der Waals surface area contributed by atoms with Crippen molar-refractivity contribution >= 4 is 11.7 Å². The number of para-hydroxylation sites is 1. The molecule has 1 unspecified atom stereocenters. The van der Waals surface area contributed by atoms with E-state index in [1.807, 2.05) is 37.3 Å². The van der Waals surface area contributed by atoms with Crippen LogP contribution in [0.1, 0.15) is 18.9 Å². The monoisotopic (exact) mass is 269 g/mol. The summed E-state index contributed by atoms with van der Waals surface area (Å²) in [6.07, 6.45) is 0.517. The molecule has 0 spiro atoms. The molecule has 102 valence electrons. The van der Waals surface area contributed by atoms with Crippen LogP contribution in [0.15, 0.2) is 48.5 Å². The summed E-state index contributed by atoms with van der Waals surface area (Å²) >= 11 is 0. The summed E-state index contributed by atoms with van der Waals surface area (Å²) < 4.78 is 5.41. The molecule has 0 aromatic heterocycles. The molecule has 20 heavy (non-hydrogen) atoms. The maximum atomic E-state index is 12.5. The van der Waals surface area contributed by atoms with Crippen molar-refractivity contribution in [1.82, 2.24) is 0 Å². The Kier molecular flexibility index (Phi) is 2.86. The second-order valence-corrected chi connectivity index (χ2v) is 4.79. The third-order valence-electron chi connectivity index (χ3n) is 3.69. The van der Waals surface area contributed by atoms with Gasteiger partial charge in [-0.3, -0.25) is 0 Å². The van der Waals surface area contributed by atoms with Crippen molar-refractivity contribution in [2.45, 2.75) is 18.9 Å². The molecule has 1 atom stereocenters. The average Bonchev–Trinajstić information content (AvgIpc) is 2.48. The first-order valence-corrected chi connectivity index (χ1v) is 6.55. The van der Waals surface area contributed by atoms with Gasteiger partial charge in [0.05, 0.1) is 0 Å². The highest BCUT2D eigenvalue weighted by Crippen LogP contribution is 2.44. The van der Waals surface area contributed by atoms with Gasteiger partial charge in [-0.15, -0.1) is 0 Å². The lowest BCUT2D eigenvalue weighted by molar-refractivity contribution is -0.140. The van der Waals surface area contributed by atoms with E-state index in [0.717, 1.165) is 5.56 Å². The normalized spacial score (nSPS) is 20.8. The van der Waals surface area contributed by atoms with E-state index >= 15 is 0 Å². The lowest BCUT2D eigenvalue weighted by Gasteiger charge is -2.37. The summed E-state index contributed by atoms with van der Waals surface area (Å²) in [5, 5.41) is 13.1. The number of anilines is 1. The molecule has 0 aliphatic carbocycles. The molecule has 4 nitrogen and oxygen atoms in total. The molecule has 0 fully saturated rings. The zero-order chi connectivity index (χ0) is 14.2. The summed E-state index contributed by atoms with van der Waals surface area (Å²) in [6.45, 7) is 1.91. The zero-order valence-corrected chi connectivity index (χ0v) is 11.1. The molecule has 0 amide bonds. The standard InChI is InChI=1S/C16H15NO3/c1-2-16(11-7-4-3-5-8-11)15(19)20-13-10-6-9-12(18)14(13)17-16/h3-10,17-18H,2H2,1H3. The molecule has 2 N–H and O–H groups in total. The van der Waals surface area contributed by atoms with Crippen LogP contribution >= 0.6 is 0 Å². The second-order valence-electron chi connectivity index (χ2n) is 4.79.